The topological polar surface area (TPSA) is 110 Å². The molecule has 29 heavy (non-hydrogen) atoms. The molecule has 9 nitrogen and oxygen atoms in total. The first-order valence-electron chi connectivity index (χ1n) is 9.51. The minimum absolute atomic E-state index is 0.101. The van der Waals surface area contributed by atoms with Gasteiger partial charge in [-0.25, -0.2) is 9.97 Å². The molecular formula is C20H18N6O3. The van der Waals surface area contributed by atoms with E-state index < -0.39 is 0 Å². The van der Waals surface area contributed by atoms with Crippen LogP contribution in [-0.4, -0.2) is 43.3 Å². The number of carbonyl (C=O) groups excluding carboxylic acids is 2. The van der Waals surface area contributed by atoms with Crippen LogP contribution in [0.3, 0.4) is 0 Å². The Morgan fingerprint density at radius 1 is 1.03 bits per heavy atom. The summed E-state index contributed by atoms with van der Waals surface area (Å²) in [6.07, 6.45) is 6.88. The predicted octanol–water partition coefficient (Wildman–Crippen LogP) is 2.27. The average Bonchev–Trinajstić information content (AvgIpc) is 3.32. The number of hydrogen-bond acceptors (Lipinski definition) is 7. The van der Waals surface area contributed by atoms with Crippen molar-refractivity contribution in [3.63, 3.8) is 0 Å². The Labute approximate surface area is 165 Å². The molecule has 0 unspecified atom stereocenters. The van der Waals surface area contributed by atoms with Gasteiger partial charge in [0.25, 0.3) is 17.4 Å². The number of benzene rings is 1. The molecule has 1 aromatic carbocycles. The first-order chi connectivity index (χ1) is 14.0. The number of rotatable bonds is 3. The molecule has 0 atom stereocenters. The van der Waals surface area contributed by atoms with E-state index in [2.05, 4.69) is 20.3 Å². The van der Waals surface area contributed by atoms with Crippen molar-refractivity contribution in [1.82, 2.24) is 24.4 Å². The number of nitrogens with one attached hydrogen (secondary N) is 1. The van der Waals surface area contributed by atoms with E-state index in [0.717, 1.165) is 30.6 Å². The fourth-order valence-corrected chi connectivity index (χ4v) is 4.13. The third kappa shape index (κ3) is 2.69. The van der Waals surface area contributed by atoms with Crippen molar-refractivity contribution in [1.29, 1.82) is 0 Å². The second-order valence-electron chi connectivity index (χ2n) is 7.33. The summed E-state index contributed by atoms with van der Waals surface area (Å²) >= 11 is 0. The highest BCUT2D eigenvalue weighted by atomic mass is 16.2. The normalized spacial score (nSPS) is 16.7. The minimum atomic E-state index is -0.376. The molecule has 1 aliphatic heterocycles. The lowest BCUT2D eigenvalue weighted by Gasteiger charge is -2.16. The highest BCUT2D eigenvalue weighted by molar-refractivity contribution is 6.23. The highest BCUT2D eigenvalue weighted by Gasteiger charge is 2.35. The van der Waals surface area contributed by atoms with Crippen molar-refractivity contribution >= 4 is 34.6 Å². The number of fused-ring (bicyclic) bond motifs is 2. The molecule has 2 aliphatic rings. The van der Waals surface area contributed by atoms with E-state index in [4.69, 9.17) is 0 Å². The Hall–Kier alpha value is -3.62. The van der Waals surface area contributed by atoms with E-state index in [0.29, 0.717) is 28.0 Å². The molecule has 0 saturated heterocycles. The number of anilines is 2. The van der Waals surface area contributed by atoms with Gasteiger partial charge < -0.3 is 5.32 Å². The molecule has 146 valence electrons. The van der Waals surface area contributed by atoms with E-state index in [1.54, 1.807) is 29.0 Å². The molecule has 1 saturated carbocycles. The van der Waals surface area contributed by atoms with E-state index in [9.17, 15) is 14.4 Å². The molecule has 2 aromatic heterocycles. The maximum absolute atomic E-state index is 12.5. The summed E-state index contributed by atoms with van der Waals surface area (Å²) in [7, 11) is 1.45. The number of carbonyl (C=O) groups is 2. The first kappa shape index (κ1) is 17.5. The molecule has 3 aromatic rings. The fraction of sp³-hybridized carbons (Fsp3) is 0.300. The minimum Gasteiger partial charge on any atom is -0.323 e. The lowest BCUT2D eigenvalue weighted by Crippen LogP contribution is -2.25. The van der Waals surface area contributed by atoms with Gasteiger partial charge in [-0.05, 0) is 25.0 Å². The van der Waals surface area contributed by atoms with E-state index in [1.165, 1.54) is 13.2 Å². The van der Waals surface area contributed by atoms with Gasteiger partial charge in [0.15, 0.2) is 5.65 Å². The number of imide groups is 1. The third-order valence-electron chi connectivity index (χ3n) is 5.58. The van der Waals surface area contributed by atoms with Gasteiger partial charge in [-0.2, -0.15) is 4.98 Å². The molecule has 5 rings (SSSR count). The smallest absolute Gasteiger partial charge is 0.270 e. The molecule has 1 N–H and O–H groups in total. The Morgan fingerprint density at radius 2 is 1.83 bits per heavy atom. The van der Waals surface area contributed by atoms with Crippen LogP contribution in [0.15, 0.2) is 35.4 Å². The number of hydrogen-bond donors (Lipinski definition) is 1. The summed E-state index contributed by atoms with van der Waals surface area (Å²) in [6.45, 7) is 0. The summed E-state index contributed by atoms with van der Waals surface area (Å²) in [4.78, 5) is 51.2. The van der Waals surface area contributed by atoms with Crippen molar-refractivity contribution in [2.24, 2.45) is 0 Å². The van der Waals surface area contributed by atoms with Crippen molar-refractivity contribution in [3.05, 3.63) is 52.1 Å². The Morgan fingerprint density at radius 3 is 2.62 bits per heavy atom. The quantitative estimate of drug-likeness (QED) is 0.683. The van der Waals surface area contributed by atoms with Crippen LogP contribution < -0.4 is 10.9 Å². The zero-order valence-corrected chi connectivity index (χ0v) is 15.8. The zero-order valence-electron chi connectivity index (χ0n) is 15.8. The maximum atomic E-state index is 12.5. The molecular weight excluding hydrogens is 372 g/mol. The second-order valence-corrected chi connectivity index (χ2v) is 7.33. The van der Waals surface area contributed by atoms with Crippen molar-refractivity contribution in [3.8, 4) is 0 Å². The molecule has 0 bridgehead atoms. The summed E-state index contributed by atoms with van der Waals surface area (Å²) < 4.78 is 1.69. The van der Waals surface area contributed by atoms with Crippen molar-refractivity contribution < 1.29 is 9.59 Å². The number of amides is 2. The Bertz CT molecular complexity index is 1230. The van der Waals surface area contributed by atoms with Crippen molar-refractivity contribution in [2.45, 2.75) is 31.7 Å². The van der Waals surface area contributed by atoms with Gasteiger partial charge in [0.05, 0.1) is 29.2 Å². The first-order valence-corrected chi connectivity index (χ1v) is 9.51. The lowest BCUT2D eigenvalue weighted by molar-refractivity contribution is 0.0693. The molecule has 0 spiro atoms. The summed E-state index contributed by atoms with van der Waals surface area (Å²) in [5, 5.41) is 3.04. The number of aromatic nitrogens is 4. The molecule has 9 heteroatoms. The van der Waals surface area contributed by atoms with Crippen LogP contribution in [0.5, 0.6) is 0 Å². The molecule has 0 radical (unpaired) electrons. The van der Waals surface area contributed by atoms with Gasteiger partial charge in [0.1, 0.15) is 5.52 Å². The van der Waals surface area contributed by atoms with Gasteiger partial charge in [0.2, 0.25) is 5.95 Å². The fourth-order valence-electron chi connectivity index (χ4n) is 4.13. The van der Waals surface area contributed by atoms with Crippen LogP contribution >= 0.6 is 0 Å². The largest absolute Gasteiger partial charge is 0.323 e. The van der Waals surface area contributed by atoms with Crippen LogP contribution in [0.2, 0.25) is 0 Å². The van der Waals surface area contributed by atoms with E-state index >= 15 is 0 Å². The van der Waals surface area contributed by atoms with Crippen LogP contribution in [0.1, 0.15) is 52.4 Å². The monoisotopic (exact) mass is 390 g/mol. The summed E-state index contributed by atoms with van der Waals surface area (Å²) in [5.74, 6) is -0.481. The summed E-state index contributed by atoms with van der Waals surface area (Å²) in [6, 6.07) is 5.12. The Balaban J connectivity index is 1.60. The molecule has 2 amide bonds. The number of nitrogens with zero attached hydrogens (tertiary/aromatic N) is 5. The van der Waals surface area contributed by atoms with Crippen LogP contribution in [-0.2, 0) is 0 Å². The van der Waals surface area contributed by atoms with Crippen LogP contribution in [0.4, 0.5) is 11.6 Å². The second kappa shape index (κ2) is 6.47. The average molecular weight is 390 g/mol. The van der Waals surface area contributed by atoms with Crippen LogP contribution in [0.25, 0.3) is 11.2 Å². The van der Waals surface area contributed by atoms with E-state index in [1.807, 2.05) is 0 Å². The SMILES string of the molecule is CN1C(=O)c2cccc(Nc3ncc4ncc(=O)n(C5CCCC5)c4n3)c2C1=O. The standard InChI is InChI=1S/C20H18N6O3/c1-25-18(28)12-7-4-8-13(16(12)19(25)29)23-20-22-9-14-17(24-20)26(15(27)10-21-14)11-5-2-3-6-11/h4,7-11H,2-3,5-6H2,1H3,(H,22,23,24). The molecule has 1 fully saturated rings. The van der Waals surface area contributed by atoms with Gasteiger partial charge in [-0.3, -0.25) is 23.9 Å². The van der Waals surface area contributed by atoms with Gasteiger partial charge >= 0.3 is 0 Å². The molecule has 1 aliphatic carbocycles. The van der Waals surface area contributed by atoms with Gasteiger partial charge in [0, 0.05) is 13.1 Å². The van der Waals surface area contributed by atoms with Gasteiger partial charge in [-0.15, -0.1) is 0 Å². The molecule has 3 heterocycles. The lowest BCUT2D eigenvalue weighted by atomic mass is 10.1. The maximum Gasteiger partial charge on any atom is 0.270 e. The Kier molecular flexibility index (Phi) is 3.90. The van der Waals surface area contributed by atoms with Crippen LogP contribution in [0, 0.1) is 0 Å². The van der Waals surface area contributed by atoms with E-state index in [-0.39, 0.29) is 29.4 Å². The third-order valence-corrected chi connectivity index (χ3v) is 5.58. The zero-order chi connectivity index (χ0) is 20.1. The van der Waals surface area contributed by atoms with Crippen molar-refractivity contribution in [2.75, 3.05) is 12.4 Å². The predicted molar refractivity (Wildman–Crippen MR) is 105 cm³/mol. The highest BCUT2D eigenvalue weighted by Crippen LogP contribution is 2.31. The summed E-state index contributed by atoms with van der Waals surface area (Å²) in [5.41, 5.74) is 1.90. The van der Waals surface area contributed by atoms with Gasteiger partial charge in [-0.1, -0.05) is 18.9 Å².